The normalized spacial score (nSPS) is 15.8. The van der Waals surface area contributed by atoms with E-state index in [4.69, 9.17) is 0 Å². The Morgan fingerprint density at radius 1 is 1.18 bits per heavy atom. The van der Waals surface area contributed by atoms with Gasteiger partial charge in [-0.1, -0.05) is 12.1 Å². The zero-order chi connectivity index (χ0) is 19.9. The number of aromatic amines is 1. The second-order valence-corrected chi connectivity index (χ2v) is 9.11. The molecule has 146 valence electrons. The molecule has 1 amide bonds. The van der Waals surface area contributed by atoms with E-state index in [2.05, 4.69) is 10.1 Å². The van der Waals surface area contributed by atoms with Crippen molar-refractivity contribution in [2.75, 3.05) is 19.3 Å². The van der Waals surface area contributed by atoms with E-state index in [9.17, 15) is 18.0 Å². The Bertz CT molecular complexity index is 1190. The van der Waals surface area contributed by atoms with Gasteiger partial charge in [-0.15, -0.1) is 0 Å². The molecule has 1 N–H and O–H groups in total. The van der Waals surface area contributed by atoms with E-state index in [1.54, 1.807) is 45.9 Å². The number of rotatable bonds is 4. The van der Waals surface area contributed by atoms with Crippen LogP contribution >= 0.6 is 0 Å². The largest absolute Gasteiger partial charge is 0.345 e. The summed E-state index contributed by atoms with van der Waals surface area (Å²) in [4.78, 5) is 28.0. The van der Waals surface area contributed by atoms with Crippen molar-refractivity contribution in [3.8, 4) is 11.1 Å². The van der Waals surface area contributed by atoms with Crippen LogP contribution in [-0.4, -0.2) is 53.7 Å². The van der Waals surface area contributed by atoms with Crippen molar-refractivity contribution in [2.45, 2.75) is 23.7 Å². The maximum atomic E-state index is 12.3. The summed E-state index contributed by atoms with van der Waals surface area (Å²) in [7, 11) is -3.27. The number of piperidine rings is 1. The Morgan fingerprint density at radius 2 is 1.86 bits per heavy atom. The number of hydrogen-bond donors (Lipinski definition) is 1. The second-order valence-electron chi connectivity index (χ2n) is 7.09. The molecule has 8 nitrogen and oxygen atoms in total. The van der Waals surface area contributed by atoms with Crippen molar-refractivity contribution in [1.29, 1.82) is 0 Å². The molecular formula is C19H20N4O4S. The highest BCUT2D eigenvalue weighted by Crippen LogP contribution is 2.30. The summed E-state index contributed by atoms with van der Waals surface area (Å²) in [5, 5.41) is 4.47. The summed E-state index contributed by atoms with van der Waals surface area (Å²) in [6, 6.07) is 8.08. The third kappa shape index (κ3) is 3.33. The Hall–Kier alpha value is -2.94. The van der Waals surface area contributed by atoms with Gasteiger partial charge in [0.25, 0.3) is 5.56 Å². The molecule has 0 unspecified atom stereocenters. The van der Waals surface area contributed by atoms with Gasteiger partial charge in [0.2, 0.25) is 6.41 Å². The molecule has 28 heavy (non-hydrogen) atoms. The summed E-state index contributed by atoms with van der Waals surface area (Å²) in [5.74, 6) is 0.140. The number of likely N-dealkylation sites (tertiary alicyclic amines) is 1. The molecule has 1 fully saturated rings. The van der Waals surface area contributed by atoms with Crippen molar-refractivity contribution in [2.24, 2.45) is 0 Å². The average Bonchev–Trinajstić information content (AvgIpc) is 3.10. The fourth-order valence-corrected chi connectivity index (χ4v) is 4.33. The quantitative estimate of drug-likeness (QED) is 0.667. The van der Waals surface area contributed by atoms with Crippen LogP contribution in [0.5, 0.6) is 0 Å². The van der Waals surface area contributed by atoms with Crippen molar-refractivity contribution in [3.63, 3.8) is 0 Å². The van der Waals surface area contributed by atoms with E-state index in [1.807, 2.05) is 0 Å². The lowest BCUT2D eigenvalue weighted by Crippen LogP contribution is -2.32. The minimum absolute atomic E-state index is 0.140. The first-order valence-corrected chi connectivity index (χ1v) is 10.9. The summed E-state index contributed by atoms with van der Waals surface area (Å²) < 4.78 is 25.1. The van der Waals surface area contributed by atoms with Crippen LogP contribution in [0.2, 0.25) is 0 Å². The van der Waals surface area contributed by atoms with Crippen LogP contribution in [0.3, 0.4) is 0 Å². The monoisotopic (exact) mass is 400 g/mol. The number of nitrogens with zero attached hydrogens (tertiary/aromatic N) is 3. The predicted molar refractivity (Wildman–Crippen MR) is 104 cm³/mol. The van der Waals surface area contributed by atoms with Gasteiger partial charge in [-0.05, 0) is 30.5 Å². The number of H-pyrrole nitrogens is 1. The van der Waals surface area contributed by atoms with Gasteiger partial charge < -0.3 is 9.88 Å². The molecule has 0 saturated carbocycles. The Balaban J connectivity index is 1.75. The van der Waals surface area contributed by atoms with Crippen molar-refractivity contribution in [3.05, 3.63) is 52.6 Å². The standard InChI is InChI=1S/C19H20N4O4S/c1-28(26,27)15-4-2-13(3-5-15)16-11-20-23-17(10-18(25)21-19(16)23)14-6-8-22(12-24)9-7-14/h2-5,10-12,14H,6-9H2,1H3,(H,21,25). The SMILES string of the molecule is CS(=O)(=O)c1ccc(-c2cnn3c(C4CCN(C=O)CC4)cc(=O)[nH]c23)cc1. The van der Waals surface area contributed by atoms with E-state index in [0.29, 0.717) is 18.7 Å². The van der Waals surface area contributed by atoms with E-state index >= 15 is 0 Å². The molecule has 3 heterocycles. The molecule has 4 rings (SSSR count). The van der Waals surface area contributed by atoms with Crippen LogP contribution in [0.15, 0.2) is 46.2 Å². The number of carbonyl (C=O) groups is 1. The molecule has 9 heteroatoms. The van der Waals surface area contributed by atoms with Crippen molar-refractivity contribution < 1.29 is 13.2 Å². The van der Waals surface area contributed by atoms with Crippen LogP contribution in [0.1, 0.15) is 24.5 Å². The number of fused-ring (bicyclic) bond motifs is 1. The zero-order valence-corrected chi connectivity index (χ0v) is 16.1. The number of aromatic nitrogens is 3. The Labute approximate surface area is 161 Å². The smallest absolute Gasteiger partial charge is 0.251 e. The first-order chi connectivity index (χ1) is 13.4. The fourth-order valence-electron chi connectivity index (χ4n) is 3.70. The molecule has 0 bridgehead atoms. The van der Waals surface area contributed by atoms with Crippen molar-refractivity contribution >= 4 is 21.9 Å². The molecule has 0 spiro atoms. The van der Waals surface area contributed by atoms with Crippen LogP contribution in [0.4, 0.5) is 0 Å². The molecule has 0 atom stereocenters. The number of carbonyl (C=O) groups excluding carboxylic acids is 1. The molecule has 0 radical (unpaired) electrons. The van der Waals surface area contributed by atoms with Crippen molar-refractivity contribution in [1.82, 2.24) is 19.5 Å². The van der Waals surface area contributed by atoms with Crippen LogP contribution in [0, 0.1) is 0 Å². The first kappa shape index (κ1) is 18.4. The topological polar surface area (TPSA) is 105 Å². The molecule has 3 aromatic rings. The summed E-state index contributed by atoms with van der Waals surface area (Å²) >= 11 is 0. The zero-order valence-electron chi connectivity index (χ0n) is 15.3. The Morgan fingerprint density at radius 3 is 2.46 bits per heavy atom. The summed E-state index contributed by atoms with van der Waals surface area (Å²) in [6.07, 6.45) is 5.24. The number of nitrogens with one attached hydrogen (secondary N) is 1. The summed E-state index contributed by atoms with van der Waals surface area (Å²) in [6.45, 7) is 1.31. The number of amides is 1. The lowest BCUT2D eigenvalue weighted by atomic mass is 9.93. The molecule has 1 saturated heterocycles. The number of benzene rings is 1. The third-order valence-corrected chi connectivity index (χ3v) is 6.35. The second kappa shape index (κ2) is 6.90. The molecule has 0 aliphatic carbocycles. The van der Waals surface area contributed by atoms with Gasteiger partial charge in [-0.3, -0.25) is 9.59 Å². The van der Waals surface area contributed by atoms with Crippen LogP contribution in [-0.2, 0) is 14.6 Å². The highest BCUT2D eigenvalue weighted by Gasteiger charge is 2.23. The maximum Gasteiger partial charge on any atom is 0.251 e. The highest BCUT2D eigenvalue weighted by molar-refractivity contribution is 7.90. The minimum atomic E-state index is -3.27. The first-order valence-electron chi connectivity index (χ1n) is 8.97. The third-order valence-electron chi connectivity index (χ3n) is 5.22. The molecular weight excluding hydrogens is 380 g/mol. The lowest BCUT2D eigenvalue weighted by molar-refractivity contribution is -0.119. The minimum Gasteiger partial charge on any atom is -0.345 e. The molecule has 1 aromatic carbocycles. The van der Waals surface area contributed by atoms with Gasteiger partial charge in [0.05, 0.1) is 16.8 Å². The predicted octanol–water partition coefficient (Wildman–Crippen LogP) is 1.43. The van der Waals surface area contributed by atoms with Gasteiger partial charge in [0.15, 0.2) is 9.84 Å². The van der Waals surface area contributed by atoms with Gasteiger partial charge >= 0.3 is 0 Å². The van der Waals surface area contributed by atoms with E-state index in [0.717, 1.165) is 42.3 Å². The van der Waals surface area contributed by atoms with Gasteiger partial charge in [0.1, 0.15) is 5.65 Å². The van der Waals surface area contributed by atoms with E-state index < -0.39 is 9.84 Å². The van der Waals surface area contributed by atoms with Gasteiger partial charge in [-0.2, -0.15) is 5.10 Å². The van der Waals surface area contributed by atoms with E-state index in [-0.39, 0.29) is 16.4 Å². The van der Waals surface area contributed by atoms with E-state index in [1.165, 1.54) is 0 Å². The van der Waals surface area contributed by atoms with Crippen LogP contribution in [0.25, 0.3) is 16.8 Å². The molecule has 1 aliphatic heterocycles. The van der Waals surface area contributed by atoms with Gasteiger partial charge in [-0.25, -0.2) is 12.9 Å². The fraction of sp³-hybridized carbons (Fsp3) is 0.316. The highest BCUT2D eigenvalue weighted by atomic mass is 32.2. The molecule has 2 aromatic heterocycles. The Kier molecular flexibility index (Phi) is 4.54. The molecule has 1 aliphatic rings. The number of hydrogen-bond acceptors (Lipinski definition) is 5. The van der Waals surface area contributed by atoms with Crippen LogP contribution < -0.4 is 5.56 Å². The maximum absolute atomic E-state index is 12.3. The average molecular weight is 400 g/mol. The van der Waals surface area contributed by atoms with Gasteiger partial charge in [0, 0.05) is 36.9 Å². The summed E-state index contributed by atoms with van der Waals surface area (Å²) in [5.41, 5.74) is 2.68. The lowest BCUT2D eigenvalue weighted by Gasteiger charge is -2.29. The number of sulfone groups is 1.